The fourth-order valence-electron chi connectivity index (χ4n) is 1.31. The lowest BCUT2D eigenvalue weighted by molar-refractivity contribution is 0.426. The summed E-state index contributed by atoms with van der Waals surface area (Å²) in [4.78, 5) is 3.91. The van der Waals surface area contributed by atoms with Gasteiger partial charge in [0.25, 0.3) is 0 Å². The molecule has 3 nitrogen and oxygen atoms in total. The molecule has 0 bridgehead atoms. The van der Waals surface area contributed by atoms with Crippen LogP contribution < -0.4 is 5.46 Å². The van der Waals surface area contributed by atoms with Gasteiger partial charge >= 0.3 is 7.12 Å². The largest absolute Gasteiger partial charge is 0.488 e. The molecule has 0 unspecified atom stereocenters. The first-order valence-electron chi connectivity index (χ1n) is 4.09. The van der Waals surface area contributed by atoms with E-state index in [0.29, 0.717) is 10.6 Å². The smallest absolute Gasteiger partial charge is 0.423 e. The zero-order valence-corrected chi connectivity index (χ0v) is 7.94. The highest BCUT2D eigenvalue weighted by Gasteiger charge is 2.11. The maximum absolute atomic E-state index is 8.97. The third-order valence-corrected chi connectivity index (χ3v) is 2.34. The monoisotopic (exact) mass is 207 g/mol. The second-order valence-electron chi connectivity index (χ2n) is 2.96. The van der Waals surface area contributed by atoms with Gasteiger partial charge in [0.05, 0.1) is 0 Å². The number of hydrogen-bond acceptors (Lipinski definition) is 3. The average molecular weight is 207 g/mol. The number of fused-ring (bicyclic) bond motifs is 1. The summed E-state index contributed by atoms with van der Waals surface area (Å²) in [6.45, 7) is 0. The number of rotatable bonds is 1. The van der Waals surface area contributed by atoms with Crippen molar-refractivity contribution in [2.45, 2.75) is 0 Å². The van der Waals surface area contributed by atoms with Crippen LogP contribution in [0.2, 0.25) is 5.15 Å². The Morgan fingerprint density at radius 3 is 2.71 bits per heavy atom. The molecule has 1 aromatic heterocycles. The van der Waals surface area contributed by atoms with Crippen LogP contribution in [0, 0.1) is 0 Å². The van der Waals surface area contributed by atoms with E-state index in [9.17, 15) is 0 Å². The molecule has 0 saturated heterocycles. The fourth-order valence-corrected chi connectivity index (χ4v) is 1.53. The molecule has 14 heavy (non-hydrogen) atoms. The summed E-state index contributed by atoms with van der Waals surface area (Å²) in [6.07, 6.45) is 1.61. The number of hydrogen-bond donors (Lipinski definition) is 2. The van der Waals surface area contributed by atoms with Crippen molar-refractivity contribution >= 4 is 35.0 Å². The van der Waals surface area contributed by atoms with E-state index in [2.05, 4.69) is 4.98 Å². The highest BCUT2D eigenvalue weighted by atomic mass is 35.5. The van der Waals surface area contributed by atoms with Gasteiger partial charge in [0.1, 0.15) is 5.15 Å². The van der Waals surface area contributed by atoms with Crippen LogP contribution in [-0.4, -0.2) is 22.2 Å². The Bertz CT molecular complexity index is 475. The quantitative estimate of drug-likeness (QED) is 0.531. The van der Waals surface area contributed by atoms with Crippen molar-refractivity contribution in [3.8, 4) is 0 Å². The molecule has 0 atom stereocenters. The molecule has 0 saturated carbocycles. The highest BCUT2D eigenvalue weighted by Crippen LogP contribution is 2.19. The summed E-state index contributed by atoms with van der Waals surface area (Å²) in [5.41, 5.74) is 0.410. The molecule has 0 radical (unpaired) electrons. The predicted octanol–water partition coefficient (Wildman–Crippen LogP) is 0.568. The summed E-state index contributed by atoms with van der Waals surface area (Å²) < 4.78 is 0. The zero-order chi connectivity index (χ0) is 10.1. The van der Waals surface area contributed by atoms with Crippen LogP contribution in [0.4, 0.5) is 0 Å². The Labute approximate surface area is 86.1 Å². The SMILES string of the molecule is OB(O)c1ccc2ccnc(Cl)c2c1. The molecule has 0 aliphatic rings. The van der Waals surface area contributed by atoms with E-state index >= 15 is 0 Å². The lowest BCUT2D eigenvalue weighted by atomic mass is 9.79. The van der Waals surface area contributed by atoms with E-state index in [1.165, 1.54) is 0 Å². The minimum atomic E-state index is -1.48. The van der Waals surface area contributed by atoms with Crippen molar-refractivity contribution in [3.05, 3.63) is 35.6 Å². The summed E-state index contributed by atoms with van der Waals surface area (Å²) in [7, 11) is -1.48. The average Bonchev–Trinajstić information content (AvgIpc) is 2.18. The van der Waals surface area contributed by atoms with Gasteiger partial charge < -0.3 is 10.0 Å². The second-order valence-corrected chi connectivity index (χ2v) is 3.31. The van der Waals surface area contributed by atoms with Gasteiger partial charge in [-0.05, 0) is 16.9 Å². The van der Waals surface area contributed by atoms with Crippen LogP contribution in [0.3, 0.4) is 0 Å². The molecule has 1 aromatic carbocycles. The number of nitrogens with zero attached hydrogens (tertiary/aromatic N) is 1. The van der Waals surface area contributed by atoms with Crippen molar-refractivity contribution < 1.29 is 10.0 Å². The Kier molecular flexibility index (Phi) is 2.41. The Hall–Kier alpha value is -1.10. The molecule has 5 heteroatoms. The summed E-state index contributed by atoms with van der Waals surface area (Å²) in [5, 5.41) is 19.9. The predicted molar refractivity (Wildman–Crippen MR) is 56.6 cm³/mol. The molecule has 0 amide bonds. The van der Waals surface area contributed by atoms with Crippen LogP contribution in [0.1, 0.15) is 0 Å². The van der Waals surface area contributed by atoms with Crippen molar-refractivity contribution in [3.63, 3.8) is 0 Å². The zero-order valence-electron chi connectivity index (χ0n) is 7.18. The van der Waals surface area contributed by atoms with Gasteiger partial charge in [0, 0.05) is 11.6 Å². The van der Waals surface area contributed by atoms with Gasteiger partial charge in [-0.25, -0.2) is 4.98 Å². The minimum Gasteiger partial charge on any atom is -0.423 e. The van der Waals surface area contributed by atoms with Crippen LogP contribution in [0.15, 0.2) is 30.5 Å². The van der Waals surface area contributed by atoms with Crippen LogP contribution >= 0.6 is 11.6 Å². The summed E-state index contributed by atoms with van der Waals surface area (Å²) >= 11 is 5.86. The lowest BCUT2D eigenvalue weighted by Crippen LogP contribution is -2.29. The molecule has 2 rings (SSSR count). The first-order valence-corrected chi connectivity index (χ1v) is 4.46. The van der Waals surface area contributed by atoms with Crippen molar-refractivity contribution in [1.82, 2.24) is 4.98 Å². The molecule has 0 aliphatic carbocycles. The van der Waals surface area contributed by atoms with Crippen molar-refractivity contribution in [2.75, 3.05) is 0 Å². The Balaban J connectivity index is 2.70. The van der Waals surface area contributed by atoms with Crippen LogP contribution in [0.25, 0.3) is 10.8 Å². The van der Waals surface area contributed by atoms with Gasteiger partial charge in [-0.15, -0.1) is 0 Å². The second kappa shape index (κ2) is 3.57. The van der Waals surface area contributed by atoms with Gasteiger partial charge in [0.15, 0.2) is 0 Å². The van der Waals surface area contributed by atoms with E-state index in [0.717, 1.165) is 10.8 Å². The Morgan fingerprint density at radius 2 is 2.00 bits per heavy atom. The number of benzene rings is 1. The van der Waals surface area contributed by atoms with E-state index < -0.39 is 7.12 Å². The molecule has 0 spiro atoms. The summed E-state index contributed by atoms with van der Waals surface area (Å²) in [6, 6.07) is 6.85. The molecule has 1 heterocycles. The van der Waals surface area contributed by atoms with Gasteiger partial charge in [0.2, 0.25) is 0 Å². The van der Waals surface area contributed by atoms with E-state index in [-0.39, 0.29) is 0 Å². The normalized spacial score (nSPS) is 10.5. The van der Waals surface area contributed by atoms with Crippen LogP contribution in [0.5, 0.6) is 0 Å². The van der Waals surface area contributed by atoms with Crippen molar-refractivity contribution in [2.24, 2.45) is 0 Å². The Morgan fingerprint density at radius 1 is 1.21 bits per heavy atom. The first kappa shape index (κ1) is 9.46. The standard InChI is InChI=1S/C9H7BClNO2/c11-9-8-5-7(10(13)14)2-1-6(8)3-4-12-9/h1-5,13-14H. The van der Waals surface area contributed by atoms with E-state index in [1.54, 1.807) is 24.4 Å². The maximum Gasteiger partial charge on any atom is 0.488 e. The lowest BCUT2D eigenvalue weighted by Gasteiger charge is -2.02. The molecule has 2 aromatic rings. The maximum atomic E-state index is 8.97. The van der Waals surface area contributed by atoms with Crippen molar-refractivity contribution in [1.29, 1.82) is 0 Å². The molecule has 0 fully saturated rings. The molecular weight excluding hydrogens is 200 g/mol. The topological polar surface area (TPSA) is 53.4 Å². The highest BCUT2D eigenvalue weighted by molar-refractivity contribution is 6.59. The third-order valence-electron chi connectivity index (χ3n) is 2.04. The molecule has 70 valence electrons. The van der Waals surface area contributed by atoms with Gasteiger partial charge in [-0.3, -0.25) is 0 Å². The molecular formula is C9H7BClNO2. The molecule has 0 aliphatic heterocycles. The number of aromatic nitrogens is 1. The van der Waals surface area contributed by atoms with Gasteiger partial charge in [-0.2, -0.15) is 0 Å². The summed E-state index contributed by atoms with van der Waals surface area (Å²) in [5.74, 6) is 0. The molecule has 2 N–H and O–H groups in total. The fraction of sp³-hybridized carbons (Fsp3) is 0. The van der Waals surface area contributed by atoms with E-state index in [4.69, 9.17) is 21.6 Å². The van der Waals surface area contributed by atoms with Crippen LogP contribution in [-0.2, 0) is 0 Å². The number of halogens is 1. The van der Waals surface area contributed by atoms with E-state index in [1.807, 2.05) is 6.07 Å². The minimum absolute atomic E-state index is 0.366. The first-order chi connectivity index (χ1) is 6.68. The number of pyridine rings is 1. The third kappa shape index (κ3) is 1.59. The van der Waals surface area contributed by atoms with Gasteiger partial charge in [-0.1, -0.05) is 29.8 Å².